The highest BCUT2D eigenvalue weighted by Gasteiger charge is 2.18. The number of alkyl carbamates (subject to hydrolysis) is 1. The van der Waals surface area contributed by atoms with Crippen molar-refractivity contribution in [2.75, 3.05) is 24.6 Å². The molecule has 0 aromatic heterocycles. The number of para-hydroxylation sites is 1. The van der Waals surface area contributed by atoms with Gasteiger partial charge in [0.25, 0.3) is 5.91 Å². The van der Waals surface area contributed by atoms with E-state index in [2.05, 4.69) is 11.9 Å². The van der Waals surface area contributed by atoms with Gasteiger partial charge in [0.15, 0.2) is 6.61 Å². The van der Waals surface area contributed by atoms with E-state index in [1.54, 1.807) is 39.0 Å². The van der Waals surface area contributed by atoms with Gasteiger partial charge in [-0.3, -0.25) is 9.59 Å². The van der Waals surface area contributed by atoms with Gasteiger partial charge >= 0.3 is 12.1 Å². The van der Waals surface area contributed by atoms with Crippen LogP contribution in [0.25, 0.3) is 0 Å². The molecule has 0 bridgehead atoms. The molecule has 1 aromatic carbocycles. The highest BCUT2D eigenvalue weighted by atomic mass is 16.6. The molecule has 0 atom stereocenters. The summed E-state index contributed by atoms with van der Waals surface area (Å²) >= 11 is 0. The van der Waals surface area contributed by atoms with E-state index in [0.717, 1.165) is 0 Å². The summed E-state index contributed by atoms with van der Waals surface area (Å²) in [6.45, 7) is 8.86. The first kappa shape index (κ1) is 21.2. The first-order valence-corrected chi connectivity index (χ1v) is 8.31. The second-order valence-corrected chi connectivity index (χ2v) is 6.47. The molecule has 1 rings (SSSR count). The Bertz CT molecular complexity index is 623. The van der Waals surface area contributed by atoms with Crippen LogP contribution >= 0.6 is 0 Å². The molecule has 0 aliphatic heterocycles. The van der Waals surface area contributed by atoms with Gasteiger partial charge in [0, 0.05) is 18.8 Å². The zero-order valence-corrected chi connectivity index (χ0v) is 15.5. The first-order chi connectivity index (χ1) is 12.2. The summed E-state index contributed by atoms with van der Waals surface area (Å²) in [5.41, 5.74) is 0.0864. The van der Waals surface area contributed by atoms with Gasteiger partial charge in [0.1, 0.15) is 5.60 Å². The molecule has 26 heavy (non-hydrogen) atoms. The number of esters is 1. The topological polar surface area (TPSA) is 84.9 Å². The fourth-order valence-corrected chi connectivity index (χ4v) is 1.96. The Balaban J connectivity index is 2.39. The molecule has 142 valence electrons. The number of hydrogen-bond acceptors (Lipinski definition) is 5. The molecule has 0 spiro atoms. The third-order valence-corrected chi connectivity index (χ3v) is 3.03. The highest BCUT2D eigenvalue weighted by Crippen LogP contribution is 2.13. The predicted octanol–water partition coefficient (Wildman–Crippen LogP) is 2.66. The van der Waals surface area contributed by atoms with Crippen LogP contribution in [-0.4, -0.2) is 43.3 Å². The second-order valence-electron chi connectivity index (χ2n) is 6.47. The minimum atomic E-state index is -0.609. The standard InChI is InChI=1S/C19H26N2O5/c1-5-13-21(15-9-7-6-8-10-15)16(22)14-25-17(23)11-12-20-18(24)26-19(2,3)4/h5-10H,1,11-14H2,2-4H3,(H,20,24). The maximum absolute atomic E-state index is 12.3. The van der Waals surface area contributed by atoms with Crippen LogP contribution < -0.4 is 10.2 Å². The molecule has 0 heterocycles. The molecule has 0 saturated heterocycles. The van der Waals surface area contributed by atoms with Crippen LogP contribution in [0.15, 0.2) is 43.0 Å². The van der Waals surface area contributed by atoms with Crippen LogP contribution in [0, 0.1) is 0 Å². The van der Waals surface area contributed by atoms with E-state index in [0.29, 0.717) is 12.2 Å². The molecule has 0 unspecified atom stereocenters. The van der Waals surface area contributed by atoms with Crippen molar-refractivity contribution in [1.82, 2.24) is 5.32 Å². The largest absolute Gasteiger partial charge is 0.455 e. The van der Waals surface area contributed by atoms with Crippen molar-refractivity contribution in [2.24, 2.45) is 0 Å². The number of hydrogen-bond donors (Lipinski definition) is 1. The number of amides is 2. The quantitative estimate of drug-likeness (QED) is 0.568. The van der Waals surface area contributed by atoms with E-state index in [1.807, 2.05) is 18.2 Å². The Labute approximate surface area is 154 Å². The van der Waals surface area contributed by atoms with Crippen molar-refractivity contribution in [1.29, 1.82) is 0 Å². The lowest BCUT2D eigenvalue weighted by Crippen LogP contribution is -2.36. The van der Waals surface area contributed by atoms with Gasteiger partial charge in [-0.05, 0) is 32.9 Å². The van der Waals surface area contributed by atoms with E-state index >= 15 is 0 Å². The molecule has 0 saturated carbocycles. The number of carbonyl (C=O) groups is 3. The van der Waals surface area contributed by atoms with Gasteiger partial charge in [0.05, 0.1) is 6.42 Å². The van der Waals surface area contributed by atoms with E-state index in [1.165, 1.54) is 4.90 Å². The Morgan fingerprint density at radius 2 is 1.85 bits per heavy atom. The molecule has 7 nitrogen and oxygen atoms in total. The smallest absolute Gasteiger partial charge is 0.407 e. The molecule has 0 aliphatic rings. The summed E-state index contributed by atoms with van der Waals surface area (Å²) in [4.78, 5) is 37.0. The van der Waals surface area contributed by atoms with Crippen molar-refractivity contribution in [2.45, 2.75) is 32.8 Å². The molecule has 7 heteroatoms. The third kappa shape index (κ3) is 8.32. The van der Waals surface area contributed by atoms with Gasteiger partial charge in [-0.2, -0.15) is 0 Å². The van der Waals surface area contributed by atoms with Crippen LogP contribution in [-0.2, 0) is 19.1 Å². The van der Waals surface area contributed by atoms with Crippen LogP contribution in [0.3, 0.4) is 0 Å². The van der Waals surface area contributed by atoms with E-state index in [4.69, 9.17) is 9.47 Å². The lowest BCUT2D eigenvalue weighted by atomic mass is 10.2. The molecule has 1 aromatic rings. The van der Waals surface area contributed by atoms with E-state index < -0.39 is 17.7 Å². The minimum absolute atomic E-state index is 0.0562. The summed E-state index contributed by atoms with van der Waals surface area (Å²) in [5.74, 6) is -0.939. The zero-order valence-electron chi connectivity index (χ0n) is 15.5. The Morgan fingerprint density at radius 3 is 2.42 bits per heavy atom. The summed E-state index contributed by atoms with van der Waals surface area (Å²) in [6.07, 6.45) is 0.930. The molecule has 2 amide bonds. The average molecular weight is 362 g/mol. The molecule has 1 N–H and O–H groups in total. The van der Waals surface area contributed by atoms with Gasteiger partial charge in [0.2, 0.25) is 0 Å². The van der Waals surface area contributed by atoms with Crippen LogP contribution in [0.4, 0.5) is 10.5 Å². The zero-order chi connectivity index (χ0) is 19.6. The summed E-state index contributed by atoms with van der Waals surface area (Å²) in [7, 11) is 0. The van der Waals surface area contributed by atoms with E-state index in [-0.39, 0.29) is 25.5 Å². The summed E-state index contributed by atoms with van der Waals surface area (Å²) in [5, 5.41) is 2.46. The lowest BCUT2D eigenvalue weighted by molar-refractivity contribution is -0.147. The lowest BCUT2D eigenvalue weighted by Gasteiger charge is -2.21. The van der Waals surface area contributed by atoms with Crippen molar-refractivity contribution < 1.29 is 23.9 Å². The number of nitrogens with zero attached hydrogens (tertiary/aromatic N) is 1. The monoisotopic (exact) mass is 362 g/mol. The van der Waals surface area contributed by atoms with Crippen molar-refractivity contribution in [3.63, 3.8) is 0 Å². The molecule has 0 radical (unpaired) electrons. The number of ether oxygens (including phenoxy) is 2. The molecule has 0 fully saturated rings. The Kier molecular flexibility index (Phi) is 8.34. The Morgan fingerprint density at radius 1 is 1.19 bits per heavy atom. The number of anilines is 1. The van der Waals surface area contributed by atoms with Crippen LogP contribution in [0.2, 0.25) is 0 Å². The van der Waals surface area contributed by atoms with E-state index in [9.17, 15) is 14.4 Å². The fourth-order valence-electron chi connectivity index (χ4n) is 1.96. The summed E-state index contributed by atoms with van der Waals surface area (Å²) < 4.78 is 10.0. The minimum Gasteiger partial charge on any atom is -0.455 e. The van der Waals surface area contributed by atoms with Crippen molar-refractivity contribution in [3.05, 3.63) is 43.0 Å². The average Bonchev–Trinajstić information content (AvgIpc) is 2.56. The number of carbonyl (C=O) groups excluding carboxylic acids is 3. The number of rotatable bonds is 8. The van der Waals surface area contributed by atoms with Gasteiger partial charge in [-0.1, -0.05) is 24.3 Å². The van der Waals surface area contributed by atoms with Crippen LogP contribution in [0.5, 0.6) is 0 Å². The highest BCUT2D eigenvalue weighted by molar-refractivity contribution is 5.95. The maximum atomic E-state index is 12.3. The SMILES string of the molecule is C=CCN(C(=O)COC(=O)CCNC(=O)OC(C)(C)C)c1ccccc1. The van der Waals surface area contributed by atoms with Gasteiger partial charge in [-0.15, -0.1) is 6.58 Å². The predicted molar refractivity (Wildman–Crippen MR) is 98.8 cm³/mol. The van der Waals surface area contributed by atoms with Gasteiger partial charge in [-0.25, -0.2) is 4.79 Å². The first-order valence-electron chi connectivity index (χ1n) is 8.31. The maximum Gasteiger partial charge on any atom is 0.407 e. The number of nitrogens with one attached hydrogen (secondary N) is 1. The normalized spacial score (nSPS) is 10.6. The van der Waals surface area contributed by atoms with Crippen molar-refractivity contribution >= 4 is 23.7 Å². The molecular weight excluding hydrogens is 336 g/mol. The van der Waals surface area contributed by atoms with Gasteiger partial charge < -0.3 is 19.7 Å². The second kappa shape index (κ2) is 10.2. The molecule has 0 aliphatic carbocycles. The summed E-state index contributed by atoms with van der Waals surface area (Å²) in [6, 6.07) is 9.04. The Hall–Kier alpha value is -2.83. The third-order valence-electron chi connectivity index (χ3n) is 3.03. The molecular formula is C19H26N2O5. The fraction of sp³-hybridized carbons (Fsp3) is 0.421. The van der Waals surface area contributed by atoms with Crippen molar-refractivity contribution in [3.8, 4) is 0 Å². The van der Waals surface area contributed by atoms with Crippen LogP contribution in [0.1, 0.15) is 27.2 Å². The number of benzene rings is 1.